The van der Waals surface area contributed by atoms with Gasteiger partial charge in [-0.2, -0.15) is 4.98 Å². The third-order valence-electron chi connectivity index (χ3n) is 4.92. The molecule has 0 bridgehead atoms. The molecule has 2 N–H and O–H groups in total. The van der Waals surface area contributed by atoms with Crippen molar-refractivity contribution in [3.63, 3.8) is 0 Å². The summed E-state index contributed by atoms with van der Waals surface area (Å²) in [6.45, 7) is 3.45. The first kappa shape index (κ1) is 13.5. The number of aromatic nitrogens is 2. The summed E-state index contributed by atoms with van der Waals surface area (Å²) in [5.74, 6) is 0.251. The van der Waals surface area contributed by atoms with Crippen molar-refractivity contribution in [3.05, 3.63) is 52.6 Å². The van der Waals surface area contributed by atoms with Crippen molar-refractivity contribution in [1.29, 1.82) is 0 Å². The zero-order valence-electron chi connectivity index (χ0n) is 12.5. The van der Waals surface area contributed by atoms with Crippen molar-refractivity contribution in [1.82, 2.24) is 14.5 Å². The SMILES string of the molecule is Nc1ccn(-c2ccc(CN3CCC4(CC4)C3)cc2)c(=O)n1. The van der Waals surface area contributed by atoms with Crippen LogP contribution in [-0.4, -0.2) is 27.5 Å². The van der Waals surface area contributed by atoms with Gasteiger partial charge in [0.2, 0.25) is 0 Å². The molecule has 2 aromatic rings. The van der Waals surface area contributed by atoms with E-state index in [-0.39, 0.29) is 11.5 Å². The van der Waals surface area contributed by atoms with E-state index in [1.54, 1.807) is 12.3 Å². The summed E-state index contributed by atoms with van der Waals surface area (Å²) in [6.07, 6.45) is 5.85. The van der Waals surface area contributed by atoms with E-state index in [1.165, 1.54) is 42.5 Å². The average molecular weight is 296 g/mol. The number of benzene rings is 1. The molecule has 2 fully saturated rings. The van der Waals surface area contributed by atoms with Crippen LogP contribution >= 0.6 is 0 Å². The first-order chi connectivity index (χ1) is 10.6. The summed E-state index contributed by atoms with van der Waals surface area (Å²) in [6, 6.07) is 9.76. The molecule has 1 aromatic heterocycles. The van der Waals surface area contributed by atoms with Gasteiger partial charge in [-0.3, -0.25) is 9.47 Å². The van der Waals surface area contributed by atoms with Crippen LogP contribution in [0.25, 0.3) is 5.69 Å². The predicted molar refractivity (Wildman–Crippen MR) is 85.8 cm³/mol. The maximum Gasteiger partial charge on any atom is 0.354 e. The van der Waals surface area contributed by atoms with Gasteiger partial charge in [0.25, 0.3) is 0 Å². The van der Waals surface area contributed by atoms with E-state index < -0.39 is 0 Å². The topological polar surface area (TPSA) is 64.2 Å². The largest absolute Gasteiger partial charge is 0.383 e. The van der Waals surface area contributed by atoms with E-state index in [0.29, 0.717) is 5.41 Å². The summed E-state index contributed by atoms with van der Waals surface area (Å²) in [5, 5.41) is 0. The highest BCUT2D eigenvalue weighted by Crippen LogP contribution is 2.52. The second kappa shape index (κ2) is 4.95. The Balaban J connectivity index is 1.49. The van der Waals surface area contributed by atoms with Crippen LogP contribution in [0, 0.1) is 5.41 Å². The molecule has 1 aliphatic carbocycles. The Kier molecular flexibility index (Phi) is 3.04. The number of anilines is 1. The summed E-state index contributed by atoms with van der Waals surface area (Å²) in [4.78, 5) is 18.1. The van der Waals surface area contributed by atoms with Gasteiger partial charge in [-0.15, -0.1) is 0 Å². The number of nitrogens with two attached hydrogens (primary N) is 1. The number of hydrogen-bond donors (Lipinski definition) is 1. The lowest BCUT2D eigenvalue weighted by molar-refractivity contribution is 0.312. The van der Waals surface area contributed by atoms with Gasteiger partial charge in [-0.05, 0) is 55.0 Å². The van der Waals surface area contributed by atoms with Crippen molar-refractivity contribution < 1.29 is 0 Å². The fourth-order valence-electron chi connectivity index (χ4n) is 3.38. The monoisotopic (exact) mass is 296 g/mol. The Bertz CT molecular complexity index is 746. The van der Waals surface area contributed by atoms with Crippen molar-refractivity contribution >= 4 is 5.82 Å². The lowest BCUT2D eigenvalue weighted by Crippen LogP contribution is -2.22. The van der Waals surface area contributed by atoms with Crippen molar-refractivity contribution in [2.24, 2.45) is 5.41 Å². The number of nitrogen functional groups attached to an aromatic ring is 1. The number of rotatable bonds is 3. The van der Waals surface area contributed by atoms with Gasteiger partial charge in [0.15, 0.2) is 0 Å². The van der Waals surface area contributed by atoms with Crippen LogP contribution in [0.1, 0.15) is 24.8 Å². The van der Waals surface area contributed by atoms with Crippen molar-refractivity contribution in [3.8, 4) is 5.69 Å². The molecule has 1 saturated heterocycles. The molecule has 114 valence electrons. The maximum absolute atomic E-state index is 11.8. The number of likely N-dealkylation sites (tertiary alicyclic amines) is 1. The van der Waals surface area contributed by atoms with Crippen LogP contribution in [0.5, 0.6) is 0 Å². The van der Waals surface area contributed by atoms with Gasteiger partial charge in [0.1, 0.15) is 5.82 Å². The van der Waals surface area contributed by atoms with E-state index in [2.05, 4.69) is 22.0 Å². The van der Waals surface area contributed by atoms with E-state index in [1.807, 2.05) is 12.1 Å². The Morgan fingerprint density at radius 3 is 2.55 bits per heavy atom. The van der Waals surface area contributed by atoms with Crippen LogP contribution in [0.2, 0.25) is 0 Å². The zero-order valence-corrected chi connectivity index (χ0v) is 12.5. The fourth-order valence-corrected chi connectivity index (χ4v) is 3.38. The normalized spacial score (nSPS) is 19.6. The van der Waals surface area contributed by atoms with Crippen molar-refractivity contribution in [2.75, 3.05) is 18.8 Å². The molecule has 1 aliphatic heterocycles. The molecule has 0 atom stereocenters. The molecule has 2 heterocycles. The molecule has 1 aromatic carbocycles. The van der Waals surface area contributed by atoms with Crippen LogP contribution < -0.4 is 11.4 Å². The van der Waals surface area contributed by atoms with Gasteiger partial charge in [0.05, 0.1) is 5.69 Å². The van der Waals surface area contributed by atoms with E-state index in [9.17, 15) is 4.79 Å². The van der Waals surface area contributed by atoms with Crippen LogP contribution in [-0.2, 0) is 6.54 Å². The predicted octanol–water partition coefficient (Wildman–Crippen LogP) is 1.80. The molecule has 5 heteroatoms. The Hall–Kier alpha value is -2.14. The average Bonchev–Trinajstić information content (AvgIpc) is 3.14. The van der Waals surface area contributed by atoms with Gasteiger partial charge in [0, 0.05) is 19.3 Å². The molecule has 22 heavy (non-hydrogen) atoms. The minimum absolute atomic E-state index is 0.251. The summed E-state index contributed by atoms with van der Waals surface area (Å²) < 4.78 is 1.51. The van der Waals surface area contributed by atoms with Crippen LogP contribution in [0.4, 0.5) is 5.82 Å². The summed E-state index contributed by atoms with van der Waals surface area (Å²) >= 11 is 0. The lowest BCUT2D eigenvalue weighted by Gasteiger charge is -2.16. The molecular formula is C17H20N4O. The highest BCUT2D eigenvalue weighted by molar-refractivity contribution is 5.36. The highest BCUT2D eigenvalue weighted by Gasteiger charge is 2.47. The van der Waals surface area contributed by atoms with Gasteiger partial charge in [-0.25, -0.2) is 4.79 Å². The second-order valence-corrected chi connectivity index (χ2v) is 6.63. The Labute approximate surface area is 129 Å². The highest BCUT2D eigenvalue weighted by atomic mass is 16.1. The van der Waals surface area contributed by atoms with Crippen molar-refractivity contribution in [2.45, 2.75) is 25.8 Å². The Morgan fingerprint density at radius 1 is 1.14 bits per heavy atom. The van der Waals surface area contributed by atoms with E-state index in [0.717, 1.165) is 12.2 Å². The maximum atomic E-state index is 11.8. The summed E-state index contributed by atoms with van der Waals surface area (Å²) in [5.41, 5.74) is 7.95. The molecule has 1 spiro atoms. The first-order valence-corrected chi connectivity index (χ1v) is 7.81. The minimum Gasteiger partial charge on any atom is -0.383 e. The summed E-state index contributed by atoms with van der Waals surface area (Å²) in [7, 11) is 0. The van der Waals surface area contributed by atoms with Crippen LogP contribution in [0.3, 0.4) is 0 Å². The van der Waals surface area contributed by atoms with Gasteiger partial charge >= 0.3 is 5.69 Å². The lowest BCUT2D eigenvalue weighted by atomic mass is 10.1. The Morgan fingerprint density at radius 2 is 1.91 bits per heavy atom. The fraction of sp³-hybridized carbons (Fsp3) is 0.412. The molecule has 4 rings (SSSR count). The molecule has 5 nitrogen and oxygen atoms in total. The molecule has 0 unspecified atom stereocenters. The molecule has 2 aliphatic rings. The minimum atomic E-state index is -0.344. The van der Waals surface area contributed by atoms with Gasteiger partial charge < -0.3 is 5.73 Å². The first-order valence-electron chi connectivity index (χ1n) is 7.81. The smallest absolute Gasteiger partial charge is 0.354 e. The van der Waals surface area contributed by atoms with Gasteiger partial charge in [-0.1, -0.05) is 12.1 Å². The molecular weight excluding hydrogens is 276 g/mol. The third-order valence-corrected chi connectivity index (χ3v) is 4.92. The number of nitrogens with zero attached hydrogens (tertiary/aromatic N) is 3. The van der Waals surface area contributed by atoms with E-state index >= 15 is 0 Å². The zero-order chi connectivity index (χ0) is 15.2. The standard InChI is InChI=1S/C17H20N4O/c18-15-5-9-21(16(22)19-15)14-3-1-13(2-4-14)11-20-10-8-17(12-20)6-7-17/h1-5,9H,6-8,10-12H2,(H2,18,19,22). The molecule has 0 radical (unpaired) electrons. The second-order valence-electron chi connectivity index (χ2n) is 6.63. The molecule has 0 amide bonds. The third kappa shape index (κ3) is 2.52. The number of hydrogen-bond acceptors (Lipinski definition) is 4. The molecule has 1 saturated carbocycles. The van der Waals surface area contributed by atoms with E-state index in [4.69, 9.17) is 5.73 Å². The quantitative estimate of drug-likeness (QED) is 0.938. The van der Waals surface area contributed by atoms with Crippen LogP contribution in [0.15, 0.2) is 41.3 Å².